The number of likely N-dealkylation sites (N-methyl/N-ethyl adjacent to an activating group) is 1. The highest BCUT2D eigenvalue weighted by molar-refractivity contribution is 7.92. The Hall–Kier alpha value is -2.58. The molecule has 0 fully saturated rings. The molecule has 0 bridgehead atoms. The molecule has 162 valence electrons. The van der Waals surface area contributed by atoms with Crippen molar-refractivity contribution in [2.75, 3.05) is 24.2 Å². The molecule has 0 aliphatic carbocycles. The quantitative estimate of drug-likeness (QED) is 0.635. The number of nitrogens with one attached hydrogen (secondary N) is 1. The number of amides is 2. The Morgan fingerprint density at radius 3 is 2.30 bits per heavy atom. The molecule has 0 heterocycles. The first kappa shape index (κ1) is 23.7. The number of rotatable bonds is 9. The number of anilines is 1. The lowest BCUT2D eigenvalue weighted by atomic mass is 10.1. The Morgan fingerprint density at radius 2 is 1.77 bits per heavy atom. The summed E-state index contributed by atoms with van der Waals surface area (Å²) in [4.78, 5) is 27.1. The van der Waals surface area contributed by atoms with E-state index >= 15 is 0 Å². The van der Waals surface area contributed by atoms with Crippen LogP contribution in [0.1, 0.15) is 18.9 Å². The minimum absolute atomic E-state index is 0.179. The summed E-state index contributed by atoms with van der Waals surface area (Å²) in [5, 5.41) is 2.93. The summed E-state index contributed by atoms with van der Waals surface area (Å²) in [5.41, 5.74) is 1.12. The highest BCUT2D eigenvalue weighted by Crippen LogP contribution is 2.22. The molecule has 2 amide bonds. The third kappa shape index (κ3) is 6.21. The Labute approximate surface area is 182 Å². The molecule has 7 nitrogen and oxygen atoms in total. The van der Waals surface area contributed by atoms with E-state index in [9.17, 15) is 18.0 Å². The van der Waals surface area contributed by atoms with Gasteiger partial charge in [0.05, 0.1) is 11.9 Å². The van der Waals surface area contributed by atoms with Crippen LogP contribution in [0.4, 0.5) is 5.69 Å². The molecule has 2 aromatic rings. The smallest absolute Gasteiger partial charge is 0.244 e. The summed E-state index contributed by atoms with van der Waals surface area (Å²) in [7, 11) is -2.26. The molecule has 0 unspecified atom stereocenters. The van der Waals surface area contributed by atoms with E-state index in [4.69, 9.17) is 11.6 Å². The third-order valence-electron chi connectivity index (χ3n) is 4.60. The molecule has 30 heavy (non-hydrogen) atoms. The SMILES string of the molecule is CC[C@@H](C(=O)NC)N(Cc1ccccc1)C(=O)CN(c1cccc(Cl)c1)S(C)(=O)=O. The number of carbonyl (C=O) groups is 2. The summed E-state index contributed by atoms with van der Waals surface area (Å²) < 4.78 is 25.8. The van der Waals surface area contributed by atoms with Gasteiger partial charge in [-0.15, -0.1) is 0 Å². The Balaban J connectivity index is 2.40. The average molecular weight is 452 g/mol. The average Bonchev–Trinajstić information content (AvgIpc) is 2.71. The van der Waals surface area contributed by atoms with Crippen molar-refractivity contribution in [1.82, 2.24) is 10.2 Å². The molecule has 9 heteroatoms. The lowest BCUT2D eigenvalue weighted by molar-refractivity contribution is -0.140. The van der Waals surface area contributed by atoms with E-state index in [0.29, 0.717) is 11.4 Å². The van der Waals surface area contributed by atoms with Gasteiger partial charge in [-0.2, -0.15) is 0 Å². The summed E-state index contributed by atoms with van der Waals surface area (Å²) >= 11 is 6.01. The molecule has 2 aromatic carbocycles. The molecule has 0 aliphatic heterocycles. The maximum atomic E-state index is 13.3. The molecule has 0 aromatic heterocycles. The predicted octanol–water partition coefficient (Wildman–Crippen LogP) is 2.66. The van der Waals surface area contributed by atoms with Crippen molar-refractivity contribution >= 4 is 39.1 Å². The molecular formula is C21H26ClN3O4S. The second kappa shape index (κ2) is 10.4. The van der Waals surface area contributed by atoms with Crippen LogP contribution in [-0.2, 0) is 26.2 Å². The topological polar surface area (TPSA) is 86.8 Å². The van der Waals surface area contributed by atoms with Gasteiger partial charge in [0.25, 0.3) is 0 Å². The second-order valence-electron chi connectivity index (χ2n) is 6.80. The molecule has 0 saturated carbocycles. The molecule has 0 aliphatic rings. The van der Waals surface area contributed by atoms with Crippen LogP contribution in [-0.4, -0.2) is 51.0 Å². The van der Waals surface area contributed by atoms with Gasteiger partial charge < -0.3 is 10.2 Å². The van der Waals surface area contributed by atoms with Crippen molar-refractivity contribution in [2.45, 2.75) is 25.9 Å². The predicted molar refractivity (Wildman–Crippen MR) is 119 cm³/mol. The lowest BCUT2D eigenvalue weighted by Crippen LogP contribution is -2.51. The van der Waals surface area contributed by atoms with Crippen LogP contribution in [0.5, 0.6) is 0 Å². The van der Waals surface area contributed by atoms with E-state index in [2.05, 4.69) is 5.32 Å². The molecule has 1 N–H and O–H groups in total. The summed E-state index contributed by atoms with van der Waals surface area (Å²) in [6.45, 7) is 1.54. The maximum absolute atomic E-state index is 13.3. The Kier molecular flexibility index (Phi) is 8.25. The monoisotopic (exact) mass is 451 g/mol. The summed E-state index contributed by atoms with van der Waals surface area (Å²) in [5.74, 6) is -0.796. The van der Waals surface area contributed by atoms with Gasteiger partial charge in [0, 0.05) is 18.6 Å². The standard InChI is InChI=1S/C21H26ClN3O4S/c1-4-19(21(27)23-2)24(14-16-9-6-5-7-10-16)20(26)15-25(30(3,28)29)18-12-8-11-17(22)13-18/h5-13,19H,4,14-15H2,1-3H3,(H,23,27)/t19-/m0/s1. The number of nitrogens with zero attached hydrogens (tertiary/aromatic N) is 2. The van der Waals surface area contributed by atoms with Crippen LogP contribution >= 0.6 is 11.6 Å². The minimum Gasteiger partial charge on any atom is -0.357 e. The van der Waals surface area contributed by atoms with E-state index in [-0.39, 0.29) is 18.1 Å². The van der Waals surface area contributed by atoms with Crippen LogP contribution in [0, 0.1) is 0 Å². The van der Waals surface area contributed by atoms with Crippen molar-refractivity contribution in [2.24, 2.45) is 0 Å². The van der Waals surface area contributed by atoms with Crippen LogP contribution in [0.2, 0.25) is 5.02 Å². The zero-order chi connectivity index (χ0) is 22.3. The number of benzene rings is 2. The number of hydrogen-bond acceptors (Lipinski definition) is 4. The maximum Gasteiger partial charge on any atom is 0.244 e. The van der Waals surface area contributed by atoms with Crippen LogP contribution in [0.15, 0.2) is 54.6 Å². The van der Waals surface area contributed by atoms with E-state index < -0.39 is 28.5 Å². The van der Waals surface area contributed by atoms with E-state index in [0.717, 1.165) is 16.1 Å². The van der Waals surface area contributed by atoms with Crippen LogP contribution in [0.3, 0.4) is 0 Å². The van der Waals surface area contributed by atoms with Crippen molar-refractivity contribution < 1.29 is 18.0 Å². The van der Waals surface area contributed by atoms with Crippen LogP contribution < -0.4 is 9.62 Å². The first-order chi connectivity index (χ1) is 14.2. The number of halogens is 1. The summed E-state index contributed by atoms with van der Waals surface area (Å²) in [6.07, 6.45) is 1.41. The third-order valence-corrected chi connectivity index (χ3v) is 5.98. The second-order valence-corrected chi connectivity index (χ2v) is 9.14. The van der Waals surface area contributed by atoms with Crippen molar-refractivity contribution in [3.63, 3.8) is 0 Å². The fourth-order valence-corrected chi connectivity index (χ4v) is 4.14. The molecule has 2 rings (SSSR count). The first-order valence-corrected chi connectivity index (χ1v) is 11.7. The zero-order valence-corrected chi connectivity index (χ0v) is 18.8. The van der Waals surface area contributed by atoms with E-state index in [1.807, 2.05) is 30.3 Å². The Bertz CT molecular complexity index is 983. The van der Waals surface area contributed by atoms with Crippen molar-refractivity contribution in [3.05, 3.63) is 65.2 Å². The lowest BCUT2D eigenvalue weighted by Gasteiger charge is -2.32. The van der Waals surface area contributed by atoms with Gasteiger partial charge in [-0.05, 0) is 30.2 Å². The normalized spacial score (nSPS) is 12.1. The van der Waals surface area contributed by atoms with Gasteiger partial charge >= 0.3 is 0 Å². The minimum atomic E-state index is -3.77. The van der Waals surface area contributed by atoms with Crippen LogP contribution in [0.25, 0.3) is 0 Å². The number of carbonyl (C=O) groups excluding carboxylic acids is 2. The largest absolute Gasteiger partial charge is 0.357 e. The molecule has 1 atom stereocenters. The molecular weight excluding hydrogens is 426 g/mol. The molecule has 0 radical (unpaired) electrons. The highest BCUT2D eigenvalue weighted by Gasteiger charge is 2.31. The van der Waals surface area contributed by atoms with Gasteiger partial charge in [-0.3, -0.25) is 13.9 Å². The molecule has 0 saturated heterocycles. The van der Waals surface area contributed by atoms with Gasteiger partial charge in [-0.25, -0.2) is 8.42 Å². The molecule has 0 spiro atoms. The van der Waals surface area contributed by atoms with Gasteiger partial charge in [0.15, 0.2) is 0 Å². The van der Waals surface area contributed by atoms with E-state index in [1.165, 1.54) is 18.0 Å². The fourth-order valence-electron chi connectivity index (χ4n) is 3.11. The highest BCUT2D eigenvalue weighted by atomic mass is 35.5. The van der Waals surface area contributed by atoms with Crippen molar-refractivity contribution in [1.29, 1.82) is 0 Å². The number of sulfonamides is 1. The first-order valence-electron chi connectivity index (χ1n) is 9.45. The van der Waals surface area contributed by atoms with Crippen molar-refractivity contribution in [3.8, 4) is 0 Å². The van der Waals surface area contributed by atoms with Gasteiger partial charge in [0.1, 0.15) is 12.6 Å². The summed E-state index contributed by atoms with van der Waals surface area (Å²) in [6, 6.07) is 14.8. The van der Waals surface area contributed by atoms with Gasteiger partial charge in [0.2, 0.25) is 21.8 Å². The Morgan fingerprint density at radius 1 is 1.10 bits per heavy atom. The number of hydrogen-bond donors (Lipinski definition) is 1. The van der Waals surface area contributed by atoms with Gasteiger partial charge in [-0.1, -0.05) is 54.9 Å². The van der Waals surface area contributed by atoms with E-state index in [1.54, 1.807) is 25.1 Å². The fraction of sp³-hybridized carbons (Fsp3) is 0.333. The zero-order valence-electron chi connectivity index (χ0n) is 17.2.